The molecule has 1 amide bonds. The monoisotopic (exact) mass is 368 g/mol. The standard InChI is InChI=1S/C14H20N6O4S/c1-9-8-11(19(2)18-9)13-16-17-14(24-13)15-12(21)10-6-4-5-7-20(10)25(3,22)23/h8,10H,4-7H2,1-3H3,(H,15,17,21). The predicted molar refractivity (Wildman–Crippen MR) is 89.1 cm³/mol. The molecule has 1 N–H and O–H groups in total. The number of carbonyl (C=O) groups is 1. The average molecular weight is 368 g/mol. The Labute approximate surface area is 145 Å². The second-order valence-electron chi connectivity index (χ2n) is 6.08. The molecule has 3 heterocycles. The minimum atomic E-state index is -3.46. The Morgan fingerprint density at radius 3 is 2.76 bits per heavy atom. The van der Waals surface area contributed by atoms with Gasteiger partial charge in [-0.1, -0.05) is 11.5 Å². The molecule has 11 heteroatoms. The summed E-state index contributed by atoms with van der Waals surface area (Å²) in [6.45, 7) is 2.17. The topological polar surface area (TPSA) is 123 Å². The number of aromatic nitrogens is 4. The first-order chi connectivity index (χ1) is 11.8. The Morgan fingerprint density at radius 1 is 1.36 bits per heavy atom. The highest BCUT2D eigenvalue weighted by molar-refractivity contribution is 7.88. The van der Waals surface area contributed by atoms with Crippen LogP contribution in [0.25, 0.3) is 11.6 Å². The van der Waals surface area contributed by atoms with Gasteiger partial charge in [-0.3, -0.25) is 14.8 Å². The molecule has 1 saturated heterocycles. The van der Waals surface area contributed by atoms with Crippen LogP contribution in [0, 0.1) is 6.92 Å². The molecule has 10 nitrogen and oxygen atoms in total. The quantitative estimate of drug-likeness (QED) is 0.835. The van der Waals surface area contributed by atoms with E-state index in [-0.39, 0.29) is 11.9 Å². The lowest BCUT2D eigenvalue weighted by atomic mass is 10.0. The van der Waals surface area contributed by atoms with Crippen LogP contribution in [0.5, 0.6) is 0 Å². The number of amides is 1. The van der Waals surface area contributed by atoms with Crippen molar-refractivity contribution in [1.82, 2.24) is 24.3 Å². The van der Waals surface area contributed by atoms with E-state index in [9.17, 15) is 13.2 Å². The number of hydrogen-bond acceptors (Lipinski definition) is 7. The first kappa shape index (κ1) is 17.5. The van der Waals surface area contributed by atoms with Crippen LogP contribution in [0.15, 0.2) is 10.5 Å². The summed E-state index contributed by atoms with van der Waals surface area (Å²) in [5.41, 5.74) is 1.42. The fourth-order valence-corrected chi connectivity index (χ4v) is 4.06. The summed E-state index contributed by atoms with van der Waals surface area (Å²) in [7, 11) is -1.71. The van der Waals surface area contributed by atoms with Crippen molar-refractivity contribution in [1.29, 1.82) is 0 Å². The molecule has 1 aliphatic rings. The van der Waals surface area contributed by atoms with Gasteiger partial charge in [0.1, 0.15) is 11.7 Å². The van der Waals surface area contributed by atoms with Gasteiger partial charge in [-0.15, -0.1) is 5.10 Å². The normalized spacial score (nSPS) is 19.1. The van der Waals surface area contributed by atoms with Gasteiger partial charge in [0.25, 0.3) is 5.89 Å². The van der Waals surface area contributed by atoms with E-state index in [1.54, 1.807) is 17.8 Å². The second-order valence-corrected chi connectivity index (χ2v) is 8.02. The highest BCUT2D eigenvalue weighted by Crippen LogP contribution is 2.23. The first-order valence-corrected chi connectivity index (χ1v) is 9.73. The van der Waals surface area contributed by atoms with Crippen molar-refractivity contribution in [2.45, 2.75) is 32.2 Å². The molecular formula is C14H20N6O4S. The first-order valence-electron chi connectivity index (χ1n) is 7.88. The third kappa shape index (κ3) is 3.71. The summed E-state index contributed by atoms with van der Waals surface area (Å²) in [5.74, 6) is -0.247. The fourth-order valence-electron chi connectivity index (χ4n) is 2.94. The molecule has 0 spiro atoms. The van der Waals surface area contributed by atoms with Gasteiger partial charge in [-0.25, -0.2) is 8.42 Å². The summed E-state index contributed by atoms with van der Waals surface area (Å²) >= 11 is 0. The summed E-state index contributed by atoms with van der Waals surface area (Å²) < 4.78 is 32.0. The van der Waals surface area contributed by atoms with Gasteiger partial charge in [0, 0.05) is 13.6 Å². The van der Waals surface area contributed by atoms with Crippen LogP contribution in [0.3, 0.4) is 0 Å². The number of rotatable bonds is 4. The van der Waals surface area contributed by atoms with E-state index in [0.717, 1.165) is 24.8 Å². The third-order valence-electron chi connectivity index (χ3n) is 4.06. The summed E-state index contributed by atoms with van der Waals surface area (Å²) in [4.78, 5) is 12.5. The minimum Gasteiger partial charge on any atom is -0.401 e. The zero-order valence-corrected chi connectivity index (χ0v) is 15.1. The van der Waals surface area contributed by atoms with Gasteiger partial charge < -0.3 is 4.42 Å². The lowest BCUT2D eigenvalue weighted by Gasteiger charge is -2.32. The Bertz CT molecular complexity index is 887. The number of aryl methyl sites for hydroxylation is 2. The molecule has 136 valence electrons. The van der Waals surface area contributed by atoms with Crippen molar-refractivity contribution in [2.75, 3.05) is 18.1 Å². The molecule has 1 aliphatic heterocycles. The molecule has 0 radical (unpaired) electrons. The lowest BCUT2D eigenvalue weighted by Crippen LogP contribution is -2.49. The zero-order valence-electron chi connectivity index (χ0n) is 14.3. The van der Waals surface area contributed by atoms with E-state index in [1.807, 2.05) is 6.92 Å². The highest BCUT2D eigenvalue weighted by Gasteiger charge is 2.35. The van der Waals surface area contributed by atoms with Gasteiger partial charge in [0.05, 0.1) is 11.9 Å². The van der Waals surface area contributed by atoms with Crippen LogP contribution in [-0.4, -0.2) is 57.5 Å². The van der Waals surface area contributed by atoms with Crippen LogP contribution in [-0.2, 0) is 21.9 Å². The smallest absolute Gasteiger partial charge is 0.322 e. The van der Waals surface area contributed by atoms with E-state index in [2.05, 4.69) is 20.6 Å². The Hall–Kier alpha value is -2.27. The summed E-state index contributed by atoms with van der Waals surface area (Å²) in [5, 5.41) is 14.4. The second kappa shape index (κ2) is 6.56. The fraction of sp³-hybridized carbons (Fsp3) is 0.571. The number of nitrogens with zero attached hydrogens (tertiary/aromatic N) is 5. The van der Waals surface area contributed by atoms with Crippen molar-refractivity contribution < 1.29 is 17.6 Å². The molecule has 1 fully saturated rings. The number of piperidine rings is 1. The average Bonchev–Trinajstić information content (AvgIpc) is 3.12. The van der Waals surface area contributed by atoms with E-state index in [4.69, 9.17) is 4.42 Å². The van der Waals surface area contributed by atoms with Gasteiger partial charge in [0.15, 0.2) is 0 Å². The zero-order chi connectivity index (χ0) is 18.2. The van der Waals surface area contributed by atoms with E-state index in [0.29, 0.717) is 18.7 Å². The van der Waals surface area contributed by atoms with Crippen molar-refractivity contribution in [2.24, 2.45) is 7.05 Å². The molecule has 0 bridgehead atoms. The molecule has 3 rings (SSSR count). The van der Waals surface area contributed by atoms with Crippen molar-refractivity contribution in [3.63, 3.8) is 0 Å². The largest absolute Gasteiger partial charge is 0.401 e. The van der Waals surface area contributed by atoms with Crippen molar-refractivity contribution in [3.05, 3.63) is 11.8 Å². The van der Waals surface area contributed by atoms with Crippen LogP contribution >= 0.6 is 0 Å². The Kier molecular flexibility index (Phi) is 4.60. The number of hydrogen-bond donors (Lipinski definition) is 1. The molecule has 1 atom stereocenters. The Balaban J connectivity index is 1.76. The van der Waals surface area contributed by atoms with Gasteiger partial charge in [-0.2, -0.15) is 9.40 Å². The summed E-state index contributed by atoms with van der Waals surface area (Å²) in [6, 6.07) is 0.946. The number of nitrogens with one attached hydrogen (secondary N) is 1. The molecule has 0 aliphatic carbocycles. The minimum absolute atomic E-state index is 0.0714. The van der Waals surface area contributed by atoms with Crippen molar-refractivity contribution >= 4 is 21.9 Å². The third-order valence-corrected chi connectivity index (χ3v) is 5.35. The molecule has 2 aromatic rings. The number of anilines is 1. The molecule has 0 saturated carbocycles. The van der Waals surface area contributed by atoms with E-state index in [1.165, 1.54) is 4.31 Å². The van der Waals surface area contributed by atoms with Gasteiger partial charge in [-0.05, 0) is 25.8 Å². The van der Waals surface area contributed by atoms with Crippen LogP contribution in [0.1, 0.15) is 25.0 Å². The molecule has 1 unspecified atom stereocenters. The van der Waals surface area contributed by atoms with Crippen molar-refractivity contribution in [3.8, 4) is 11.6 Å². The van der Waals surface area contributed by atoms with Crippen LogP contribution in [0.4, 0.5) is 6.01 Å². The van der Waals surface area contributed by atoms with E-state index >= 15 is 0 Å². The number of sulfonamides is 1. The highest BCUT2D eigenvalue weighted by atomic mass is 32.2. The molecule has 2 aromatic heterocycles. The SMILES string of the molecule is Cc1cc(-c2nnc(NC(=O)C3CCCCN3S(C)(=O)=O)o2)n(C)n1. The molecule has 25 heavy (non-hydrogen) atoms. The maximum atomic E-state index is 12.5. The molecule has 0 aromatic carbocycles. The predicted octanol–water partition coefficient (Wildman–Crippen LogP) is 0.531. The van der Waals surface area contributed by atoms with E-state index < -0.39 is 22.0 Å². The number of carbonyl (C=O) groups excluding carboxylic acids is 1. The molecular weight excluding hydrogens is 348 g/mol. The van der Waals surface area contributed by atoms with Crippen LogP contribution < -0.4 is 5.32 Å². The lowest BCUT2D eigenvalue weighted by molar-refractivity contribution is -0.120. The van der Waals surface area contributed by atoms with Gasteiger partial charge >= 0.3 is 6.01 Å². The summed E-state index contributed by atoms with van der Waals surface area (Å²) in [6.07, 6.45) is 3.09. The maximum Gasteiger partial charge on any atom is 0.322 e. The maximum absolute atomic E-state index is 12.5. The Morgan fingerprint density at radius 2 is 2.12 bits per heavy atom. The van der Waals surface area contributed by atoms with Gasteiger partial charge in [0.2, 0.25) is 15.9 Å². The van der Waals surface area contributed by atoms with Crippen LogP contribution in [0.2, 0.25) is 0 Å².